The summed E-state index contributed by atoms with van der Waals surface area (Å²) >= 11 is 5.74. The van der Waals surface area contributed by atoms with Gasteiger partial charge in [-0.1, -0.05) is 29.8 Å². The fraction of sp³-hybridized carbons (Fsp3) is 0.273. The van der Waals surface area contributed by atoms with Crippen LogP contribution in [-0.4, -0.2) is 39.4 Å². The normalized spacial score (nSPS) is 16.1. The van der Waals surface area contributed by atoms with Gasteiger partial charge in [0.25, 0.3) is 0 Å². The lowest BCUT2D eigenvalue weighted by Gasteiger charge is -2.30. The van der Waals surface area contributed by atoms with Gasteiger partial charge in [-0.3, -0.25) is 0 Å². The number of nitrogens with one attached hydrogen (secondary N) is 2. The first kappa shape index (κ1) is 24.5. The van der Waals surface area contributed by atoms with Crippen molar-refractivity contribution >= 4 is 33.4 Å². The van der Waals surface area contributed by atoms with Gasteiger partial charge in [0.05, 0.1) is 40.5 Å². The van der Waals surface area contributed by atoms with Crippen LogP contribution in [0.5, 0.6) is 5.75 Å². The molecule has 1 aliphatic rings. The van der Waals surface area contributed by atoms with Gasteiger partial charge >= 0.3 is 12.0 Å². The first-order chi connectivity index (χ1) is 15.7. The van der Waals surface area contributed by atoms with Gasteiger partial charge in [0.2, 0.25) is 0 Å². The predicted octanol–water partition coefficient (Wildman–Crippen LogP) is 3.52. The van der Waals surface area contributed by atoms with Crippen molar-refractivity contribution in [3.8, 4) is 5.75 Å². The molecule has 8 nitrogen and oxygen atoms in total. The van der Waals surface area contributed by atoms with Crippen molar-refractivity contribution < 1.29 is 31.9 Å². The largest absolute Gasteiger partial charge is 0.494 e. The highest BCUT2D eigenvalue weighted by molar-refractivity contribution is 7.91. The van der Waals surface area contributed by atoms with E-state index in [9.17, 15) is 22.4 Å². The molecule has 0 saturated heterocycles. The maximum Gasteiger partial charge on any atom is 0.338 e. The zero-order valence-electron chi connectivity index (χ0n) is 17.9. The van der Waals surface area contributed by atoms with Crippen molar-refractivity contribution in [1.82, 2.24) is 10.6 Å². The SMILES string of the molecule is CCOC(=O)C1=C(CS(=O)(=O)c2ccc(F)c(Cl)c2)NC(=O)N[C@@H]1c1ccccc1OCC. The molecule has 0 spiro atoms. The van der Waals surface area contributed by atoms with E-state index in [1.54, 1.807) is 38.1 Å². The van der Waals surface area contributed by atoms with Gasteiger partial charge in [-0.15, -0.1) is 0 Å². The van der Waals surface area contributed by atoms with Crippen LogP contribution in [-0.2, 0) is 19.4 Å². The van der Waals surface area contributed by atoms with E-state index < -0.39 is 39.4 Å². The lowest BCUT2D eigenvalue weighted by atomic mass is 9.95. The Kier molecular flexibility index (Phi) is 7.60. The third-order valence-electron chi connectivity index (χ3n) is 4.76. The molecule has 0 aliphatic carbocycles. The van der Waals surface area contributed by atoms with Gasteiger partial charge in [-0.05, 0) is 38.1 Å². The van der Waals surface area contributed by atoms with E-state index in [0.29, 0.717) is 17.9 Å². The van der Waals surface area contributed by atoms with E-state index in [4.69, 9.17) is 21.1 Å². The zero-order chi connectivity index (χ0) is 24.2. The molecule has 3 rings (SSSR count). The van der Waals surface area contributed by atoms with Gasteiger partial charge in [0.15, 0.2) is 9.84 Å². The number of carbonyl (C=O) groups is 2. The fourth-order valence-corrected chi connectivity index (χ4v) is 4.96. The minimum Gasteiger partial charge on any atom is -0.494 e. The molecule has 0 radical (unpaired) electrons. The summed E-state index contributed by atoms with van der Waals surface area (Å²) in [4.78, 5) is 25.1. The number of amides is 2. The third kappa shape index (κ3) is 5.45. The molecule has 0 aromatic heterocycles. The van der Waals surface area contributed by atoms with Crippen LogP contribution in [0.2, 0.25) is 5.02 Å². The minimum absolute atomic E-state index is 0.0315. The lowest BCUT2D eigenvalue weighted by molar-refractivity contribution is -0.139. The molecule has 0 fully saturated rings. The molecule has 1 heterocycles. The first-order valence-corrected chi connectivity index (χ1v) is 12.1. The summed E-state index contributed by atoms with van der Waals surface area (Å²) < 4.78 is 50.4. The van der Waals surface area contributed by atoms with Crippen LogP contribution in [0.3, 0.4) is 0 Å². The average molecular weight is 497 g/mol. The monoisotopic (exact) mass is 496 g/mol. The number of halogens is 2. The predicted molar refractivity (Wildman–Crippen MR) is 119 cm³/mol. The van der Waals surface area contributed by atoms with Gasteiger partial charge in [0, 0.05) is 11.3 Å². The summed E-state index contributed by atoms with van der Waals surface area (Å²) in [7, 11) is -4.12. The summed E-state index contributed by atoms with van der Waals surface area (Å²) in [5.41, 5.74) is 0.214. The third-order valence-corrected chi connectivity index (χ3v) is 6.69. The summed E-state index contributed by atoms with van der Waals surface area (Å²) in [5.74, 6) is -1.90. The van der Waals surface area contributed by atoms with E-state index in [1.807, 2.05) is 0 Å². The van der Waals surface area contributed by atoms with E-state index in [1.165, 1.54) is 0 Å². The number of para-hydroxylation sites is 1. The number of carbonyl (C=O) groups excluding carboxylic acids is 2. The maximum atomic E-state index is 13.5. The van der Waals surface area contributed by atoms with Crippen LogP contribution in [0.25, 0.3) is 0 Å². The van der Waals surface area contributed by atoms with Gasteiger partial charge in [0.1, 0.15) is 11.6 Å². The Bertz CT molecular complexity index is 1220. The number of urea groups is 1. The molecule has 0 unspecified atom stereocenters. The van der Waals surface area contributed by atoms with E-state index in [0.717, 1.165) is 18.2 Å². The number of hydrogen-bond donors (Lipinski definition) is 2. The molecule has 33 heavy (non-hydrogen) atoms. The highest BCUT2D eigenvalue weighted by Crippen LogP contribution is 2.34. The van der Waals surface area contributed by atoms with E-state index in [-0.39, 0.29) is 27.8 Å². The smallest absolute Gasteiger partial charge is 0.338 e. The van der Waals surface area contributed by atoms with Gasteiger partial charge in [-0.25, -0.2) is 22.4 Å². The van der Waals surface area contributed by atoms with Crippen LogP contribution in [0.4, 0.5) is 9.18 Å². The Labute approximate surface area is 195 Å². The topological polar surface area (TPSA) is 111 Å². The van der Waals surface area contributed by atoms with Gasteiger partial charge in [-0.2, -0.15) is 0 Å². The van der Waals surface area contributed by atoms with Crippen molar-refractivity contribution in [2.24, 2.45) is 0 Å². The quantitative estimate of drug-likeness (QED) is 0.427. The van der Waals surface area contributed by atoms with Crippen molar-refractivity contribution in [3.05, 3.63) is 70.1 Å². The number of esters is 1. The summed E-state index contributed by atoms with van der Waals surface area (Å²) in [6, 6.07) is 8.00. The van der Waals surface area contributed by atoms with Crippen LogP contribution < -0.4 is 15.4 Å². The Balaban J connectivity index is 2.14. The second-order valence-corrected chi connectivity index (χ2v) is 9.35. The summed E-state index contributed by atoms with van der Waals surface area (Å²) in [5, 5.41) is 4.68. The maximum absolute atomic E-state index is 13.5. The molecular weight excluding hydrogens is 475 g/mol. The van der Waals surface area contributed by atoms with E-state index in [2.05, 4.69) is 10.6 Å². The Hall–Kier alpha value is -3.11. The lowest BCUT2D eigenvalue weighted by Crippen LogP contribution is -2.47. The van der Waals surface area contributed by atoms with E-state index >= 15 is 0 Å². The minimum atomic E-state index is -4.12. The molecule has 0 saturated carbocycles. The highest BCUT2D eigenvalue weighted by atomic mass is 35.5. The second-order valence-electron chi connectivity index (χ2n) is 6.95. The second kappa shape index (κ2) is 10.2. The van der Waals surface area contributed by atoms with Gasteiger partial charge < -0.3 is 20.1 Å². The highest BCUT2D eigenvalue weighted by Gasteiger charge is 2.37. The van der Waals surface area contributed by atoms with Crippen LogP contribution >= 0.6 is 11.6 Å². The van der Waals surface area contributed by atoms with Crippen LogP contribution in [0.15, 0.2) is 58.6 Å². The van der Waals surface area contributed by atoms with Crippen molar-refractivity contribution in [2.45, 2.75) is 24.8 Å². The Morgan fingerprint density at radius 2 is 1.88 bits per heavy atom. The number of rotatable bonds is 8. The summed E-state index contributed by atoms with van der Waals surface area (Å²) in [6.45, 7) is 3.75. The number of sulfone groups is 1. The summed E-state index contributed by atoms with van der Waals surface area (Å²) in [6.07, 6.45) is 0. The van der Waals surface area contributed by atoms with Crippen LogP contribution in [0, 0.1) is 5.82 Å². The van der Waals surface area contributed by atoms with Crippen LogP contribution in [0.1, 0.15) is 25.5 Å². The number of hydrogen-bond acceptors (Lipinski definition) is 6. The molecule has 1 atom stereocenters. The molecule has 1 aliphatic heterocycles. The average Bonchev–Trinajstić information content (AvgIpc) is 2.75. The molecule has 2 N–H and O–H groups in total. The number of benzene rings is 2. The molecule has 0 bridgehead atoms. The van der Waals surface area contributed by atoms with Crippen molar-refractivity contribution in [1.29, 1.82) is 0 Å². The molecule has 2 aromatic rings. The molecule has 2 amide bonds. The van der Waals surface area contributed by atoms with Crippen molar-refractivity contribution in [2.75, 3.05) is 19.0 Å². The molecule has 176 valence electrons. The number of ether oxygens (including phenoxy) is 2. The molecular formula is C22H22ClFN2O6S. The fourth-order valence-electron chi connectivity index (χ4n) is 3.36. The standard InChI is InChI=1S/C22H22ClFN2O6S/c1-3-31-18-8-6-5-7-14(18)20-19(21(27)32-4-2)17(25-22(28)26-20)12-33(29,30)13-9-10-16(24)15(23)11-13/h5-11,20H,3-4,12H2,1-2H3,(H2,25,26,28)/t20-/m1/s1. The first-order valence-electron chi connectivity index (χ1n) is 10.0. The zero-order valence-corrected chi connectivity index (χ0v) is 19.4. The Morgan fingerprint density at radius 1 is 1.15 bits per heavy atom. The molecule has 11 heteroatoms. The molecule has 2 aromatic carbocycles. The van der Waals surface area contributed by atoms with Crippen molar-refractivity contribution in [3.63, 3.8) is 0 Å². The Morgan fingerprint density at radius 3 is 2.55 bits per heavy atom.